The molecule has 104 valence electrons. The minimum absolute atomic E-state index is 0.236. The monoisotopic (exact) mass is 263 g/mol. The number of benzene rings is 1. The van der Waals surface area contributed by atoms with Crippen LogP contribution in [0.3, 0.4) is 0 Å². The standard InChI is InChI=1S/C15H21NO3/c1-12-6-3-4-8-14(12)19-11-13-7-5-9-16(10-13)15(17)18-2/h3-4,6,8,13H,5,7,9-11H2,1-2H3. The zero-order valence-electron chi connectivity index (χ0n) is 11.6. The van der Waals surface area contributed by atoms with Crippen molar-refractivity contribution in [3.63, 3.8) is 0 Å². The zero-order chi connectivity index (χ0) is 13.7. The van der Waals surface area contributed by atoms with E-state index in [0.29, 0.717) is 12.5 Å². The van der Waals surface area contributed by atoms with Gasteiger partial charge in [-0.3, -0.25) is 0 Å². The molecule has 1 fully saturated rings. The third-order valence-electron chi connectivity index (χ3n) is 3.52. The van der Waals surface area contributed by atoms with Gasteiger partial charge < -0.3 is 14.4 Å². The lowest BCUT2D eigenvalue weighted by molar-refractivity contribution is 0.0902. The number of piperidine rings is 1. The first-order chi connectivity index (χ1) is 9.20. The lowest BCUT2D eigenvalue weighted by Crippen LogP contribution is -2.41. The van der Waals surface area contributed by atoms with Crippen molar-refractivity contribution in [1.29, 1.82) is 0 Å². The van der Waals surface area contributed by atoms with E-state index in [4.69, 9.17) is 9.47 Å². The highest BCUT2D eigenvalue weighted by Gasteiger charge is 2.24. The molecule has 4 heteroatoms. The number of likely N-dealkylation sites (tertiary alicyclic amines) is 1. The van der Waals surface area contributed by atoms with E-state index in [-0.39, 0.29) is 6.09 Å². The van der Waals surface area contributed by atoms with Crippen LogP contribution >= 0.6 is 0 Å². The normalized spacial score (nSPS) is 19.1. The lowest BCUT2D eigenvalue weighted by Gasteiger charge is -2.31. The number of aryl methyl sites for hydroxylation is 1. The van der Waals surface area contributed by atoms with Crippen LogP contribution in [0.15, 0.2) is 24.3 Å². The largest absolute Gasteiger partial charge is 0.493 e. The van der Waals surface area contributed by atoms with Crippen LogP contribution in [0.5, 0.6) is 5.75 Å². The van der Waals surface area contributed by atoms with E-state index >= 15 is 0 Å². The second-order valence-electron chi connectivity index (χ2n) is 5.00. The Bertz CT molecular complexity index is 433. The fraction of sp³-hybridized carbons (Fsp3) is 0.533. The molecule has 0 aliphatic carbocycles. The topological polar surface area (TPSA) is 38.8 Å². The van der Waals surface area contributed by atoms with Crippen LogP contribution in [-0.4, -0.2) is 37.8 Å². The maximum absolute atomic E-state index is 11.5. The Hall–Kier alpha value is -1.71. The van der Waals surface area contributed by atoms with Gasteiger partial charge in [0, 0.05) is 19.0 Å². The molecule has 0 aromatic heterocycles. The van der Waals surface area contributed by atoms with Gasteiger partial charge in [-0.15, -0.1) is 0 Å². The molecule has 2 rings (SSSR count). The molecule has 1 atom stereocenters. The minimum Gasteiger partial charge on any atom is -0.493 e. The van der Waals surface area contributed by atoms with Gasteiger partial charge in [-0.2, -0.15) is 0 Å². The van der Waals surface area contributed by atoms with Gasteiger partial charge in [0.2, 0.25) is 0 Å². The number of methoxy groups -OCH3 is 1. The fourth-order valence-corrected chi connectivity index (χ4v) is 2.42. The summed E-state index contributed by atoms with van der Waals surface area (Å²) in [5, 5.41) is 0. The number of carbonyl (C=O) groups excluding carboxylic acids is 1. The Morgan fingerprint density at radius 2 is 2.21 bits per heavy atom. The van der Waals surface area contributed by atoms with Crippen molar-refractivity contribution in [3.05, 3.63) is 29.8 Å². The molecule has 1 aromatic carbocycles. The third-order valence-corrected chi connectivity index (χ3v) is 3.52. The van der Waals surface area contributed by atoms with E-state index in [1.54, 1.807) is 4.90 Å². The van der Waals surface area contributed by atoms with Crippen molar-refractivity contribution >= 4 is 6.09 Å². The molecule has 0 bridgehead atoms. The van der Waals surface area contributed by atoms with E-state index in [1.807, 2.05) is 31.2 Å². The van der Waals surface area contributed by atoms with Gasteiger partial charge in [0.05, 0.1) is 13.7 Å². The second kappa shape index (κ2) is 6.45. The highest BCUT2D eigenvalue weighted by atomic mass is 16.5. The number of hydrogen-bond acceptors (Lipinski definition) is 3. The molecular weight excluding hydrogens is 242 g/mol. The summed E-state index contributed by atoms with van der Waals surface area (Å²) in [5.41, 5.74) is 1.14. The first kappa shape index (κ1) is 13.7. The molecule has 0 radical (unpaired) electrons. The fourth-order valence-electron chi connectivity index (χ4n) is 2.42. The smallest absolute Gasteiger partial charge is 0.409 e. The molecule has 1 saturated heterocycles. The lowest BCUT2D eigenvalue weighted by atomic mass is 9.99. The summed E-state index contributed by atoms with van der Waals surface area (Å²) >= 11 is 0. The van der Waals surface area contributed by atoms with Crippen LogP contribution in [0.2, 0.25) is 0 Å². The minimum atomic E-state index is -0.236. The van der Waals surface area contributed by atoms with Gasteiger partial charge >= 0.3 is 6.09 Å². The van der Waals surface area contributed by atoms with Gasteiger partial charge in [0.15, 0.2) is 0 Å². The average molecular weight is 263 g/mol. The van der Waals surface area contributed by atoms with E-state index in [0.717, 1.165) is 37.2 Å². The third kappa shape index (κ3) is 3.63. The molecule has 1 aliphatic heterocycles. The van der Waals surface area contributed by atoms with Crippen LogP contribution in [-0.2, 0) is 4.74 Å². The molecule has 1 aliphatic rings. The number of rotatable bonds is 3. The number of nitrogens with zero attached hydrogens (tertiary/aromatic N) is 1. The summed E-state index contributed by atoms with van der Waals surface area (Å²) in [4.78, 5) is 13.3. The molecule has 1 unspecified atom stereocenters. The van der Waals surface area contributed by atoms with E-state index in [2.05, 4.69) is 0 Å². The summed E-state index contributed by atoms with van der Waals surface area (Å²) < 4.78 is 10.6. The first-order valence-corrected chi connectivity index (χ1v) is 6.72. The zero-order valence-corrected chi connectivity index (χ0v) is 11.6. The molecular formula is C15H21NO3. The van der Waals surface area contributed by atoms with Gasteiger partial charge in [0.25, 0.3) is 0 Å². The number of hydrogen-bond donors (Lipinski definition) is 0. The molecule has 1 amide bonds. The van der Waals surface area contributed by atoms with Crippen LogP contribution < -0.4 is 4.74 Å². The highest BCUT2D eigenvalue weighted by molar-refractivity contribution is 5.67. The SMILES string of the molecule is COC(=O)N1CCCC(COc2ccccc2C)C1. The highest BCUT2D eigenvalue weighted by Crippen LogP contribution is 2.21. The predicted octanol–water partition coefficient (Wildman–Crippen LogP) is 2.85. The van der Waals surface area contributed by atoms with Crippen LogP contribution in [0, 0.1) is 12.8 Å². The summed E-state index contributed by atoms with van der Waals surface area (Å²) in [6.07, 6.45) is 1.87. The van der Waals surface area contributed by atoms with E-state index in [9.17, 15) is 4.79 Å². The Morgan fingerprint density at radius 3 is 2.95 bits per heavy atom. The van der Waals surface area contributed by atoms with Crippen LogP contribution in [0.25, 0.3) is 0 Å². The molecule has 4 nitrogen and oxygen atoms in total. The summed E-state index contributed by atoms with van der Waals surface area (Å²) in [7, 11) is 1.43. The van der Waals surface area contributed by atoms with Gasteiger partial charge in [0.1, 0.15) is 5.75 Å². The molecule has 0 N–H and O–H groups in total. The molecule has 1 heterocycles. The van der Waals surface area contributed by atoms with Crippen molar-refractivity contribution in [2.45, 2.75) is 19.8 Å². The van der Waals surface area contributed by atoms with Gasteiger partial charge in [-0.25, -0.2) is 4.79 Å². The van der Waals surface area contributed by atoms with Crippen molar-refractivity contribution in [1.82, 2.24) is 4.90 Å². The Kier molecular flexibility index (Phi) is 4.66. The Labute approximate surface area is 114 Å². The van der Waals surface area contributed by atoms with Gasteiger partial charge in [-0.05, 0) is 31.4 Å². The molecule has 1 aromatic rings. The van der Waals surface area contributed by atoms with Crippen molar-refractivity contribution in [2.75, 3.05) is 26.8 Å². The molecule has 0 saturated carbocycles. The molecule has 0 spiro atoms. The number of para-hydroxylation sites is 1. The predicted molar refractivity (Wildman–Crippen MR) is 73.4 cm³/mol. The maximum atomic E-state index is 11.5. The van der Waals surface area contributed by atoms with E-state index < -0.39 is 0 Å². The Balaban J connectivity index is 1.86. The van der Waals surface area contributed by atoms with E-state index in [1.165, 1.54) is 7.11 Å². The number of ether oxygens (including phenoxy) is 2. The molecule has 19 heavy (non-hydrogen) atoms. The number of carbonyl (C=O) groups is 1. The summed E-state index contributed by atoms with van der Waals surface area (Å²) in [6, 6.07) is 8.00. The van der Waals surface area contributed by atoms with Crippen molar-refractivity contribution < 1.29 is 14.3 Å². The van der Waals surface area contributed by atoms with Crippen LogP contribution in [0.4, 0.5) is 4.79 Å². The van der Waals surface area contributed by atoms with Crippen LogP contribution in [0.1, 0.15) is 18.4 Å². The summed E-state index contributed by atoms with van der Waals surface area (Å²) in [6.45, 7) is 4.20. The second-order valence-corrected chi connectivity index (χ2v) is 5.00. The van der Waals surface area contributed by atoms with Crippen molar-refractivity contribution in [3.8, 4) is 5.75 Å². The van der Waals surface area contributed by atoms with Crippen molar-refractivity contribution in [2.24, 2.45) is 5.92 Å². The Morgan fingerprint density at radius 1 is 1.42 bits per heavy atom. The average Bonchev–Trinajstić information content (AvgIpc) is 2.46. The van der Waals surface area contributed by atoms with Gasteiger partial charge in [-0.1, -0.05) is 18.2 Å². The first-order valence-electron chi connectivity index (χ1n) is 6.72. The number of amides is 1. The summed E-state index contributed by atoms with van der Waals surface area (Å²) in [5.74, 6) is 1.31. The quantitative estimate of drug-likeness (QED) is 0.841. The maximum Gasteiger partial charge on any atom is 0.409 e.